The highest BCUT2D eigenvalue weighted by molar-refractivity contribution is 6.03. The van der Waals surface area contributed by atoms with Gasteiger partial charge in [0.05, 0.1) is 5.69 Å². The number of carbonyl (C=O) groups is 2. The molecule has 2 amide bonds. The molecule has 0 bridgehead atoms. The molecule has 0 radical (unpaired) electrons. The zero-order valence-electron chi connectivity index (χ0n) is 15.8. The standard InChI is InChI=1S/C19H23N5O3/c1-11-8-14(25)24(17-15(11)16(20)21-10-22-17)13-7-5-6-12(9-13)23-18(26)27-19(2,3)4/h5-7,9-11H,8H2,1-4H3,(H,23,26)(H2,20,21,22). The number of hydrogen-bond donors (Lipinski definition) is 2. The molecular weight excluding hydrogens is 346 g/mol. The highest BCUT2D eigenvalue weighted by Crippen LogP contribution is 2.40. The molecule has 1 atom stereocenters. The molecule has 1 unspecified atom stereocenters. The second kappa shape index (κ2) is 6.86. The number of hydrogen-bond acceptors (Lipinski definition) is 6. The third-order valence-electron chi connectivity index (χ3n) is 4.08. The fourth-order valence-corrected chi connectivity index (χ4v) is 3.03. The summed E-state index contributed by atoms with van der Waals surface area (Å²) in [5.74, 6) is 0.684. The molecule has 1 aliphatic heterocycles. The molecule has 0 saturated carbocycles. The number of fused-ring (bicyclic) bond motifs is 1. The van der Waals surface area contributed by atoms with E-state index < -0.39 is 11.7 Å². The molecule has 3 N–H and O–H groups in total. The average Bonchev–Trinajstić information content (AvgIpc) is 2.53. The Bertz CT molecular complexity index is 891. The van der Waals surface area contributed by atoms with Gasteiger partial charge in [0.25, 0.3) is 0 Å². The minimum atomic E-state index is -0.603. The Balaban J connectivity index is 1.93. The smallest absolute Gasteiger partial charge is 0.412 e. The zero-order valence-corrected chi connectivity index (χ0v) is 15.8. The Labute approximate surface area is 157 Å². The first-order valence-electron chi connectivity index (χ1n) is 8.69. The predicted molar refractivity (Wildman–Crippen MR) is 103 cm³/mol. The van der Waals surface area contributed by atoms with E-state index in [2.05, 4.69) is 15.3 Å². The highest BCUT2D eigenvalue weighted by atomic mass is 16.6. The van der Waals surface area contributed by atoms with Crippen LogP contribution < -0.4 is 16.0 Å². The van der Waals surface area contributed by atoms with E-state index in [1.807, 2.05) is 6.92 Å². The molecule has 1 aromatic heterocycles. The van der Waals surface area contributed by atoms with Crippen molar-refractivity contribution in [3.8, 4) is 0 Å². The van der Waals surface area contributed by atoms with Gasteiger partial charge < -0.3 is 10.5 Å². The Kier molecular flexibility index (Phi) is 4.73. The third-order valence-corrected chi connectivity index (χ3v) is 4.08. The van der Waals surface area contributed by atoms with Gasteiger partial charge in [0.2, 0.25) is 5.91 Å². The summed E-state index contributed by atoms with van der Waals surface area (Å²) in [5.41, 5.74) is 7.25. The Morgan fingerprint density at radius 2 is 2.07 bits per heavy atom. The van der Waals surface area contributed by atoms with Crippen LogP contribution in [0.2, 0.25) is 0 Å². The molecule has 3 rings (SSSR count). The summed E-state index contributed by atoms with van der Waals surface area (Å²) in [7, 11) is 0. The monoisotopic (exact) mass is 369 g/mol. The molecule has 1 aliphatic rings. The number of nitrogens with one attached hydrogen (secondary N) is 1. The summed E-state index contributed by atoms with van der Waals surface area (Å²) in [6.45, 7) is 7.29. The highest BCUT2D eigenvalue weighted by Gasteiger charge is 2.33. The lowest BCUT2D eigenvalue weighted by atomic mass is 9.93. The number of rotatable bonds is 2. The van der Waals surface area contributed by atoms with E-state index in [0.29, 0.717) is 29.4 Å². The van der Waals surface area contributed by atoms with Crippen molar-refractivity contribution in [3.05, 3.63) is 36.2 Å². The average molecular weight is 369 g/mol. The number of amides is 2. The van der Waals surface area contributed by atoms with Crippen LogP contribution in [0.1, 0.15) is 45.6 Å². The summed E-state index contributed by atoms with van der Waals surface area (Å²) >= 11 is 0. The van der Waals surface area contributed by atoms with Crippen LogP contribution in [0.4, 0.5) is 27.8 Å². The van der Waals surface area contributed by atoms with E-state index in [4.69, 9.17) is 10.5 Å². The lowest BCUT2D eigenvalue weighted by Crippen LogP contribution is -2.34. The van der Waals surface area contributed by atoms with E-state index in [1.165, 1.54) is 11.2 Å². The Morgan fingerprint density at radius 1 is 1.33 bits per heavy atom. The number of carbonyl (C=O) groups excluding carboxylic acids is 2. The molecule has 0 aliphatic carbocycles. The summed E-state index contributed by atoms with van der Waals surface area (Å²) in [6.07, 6.45) is 1.08. The molecule has 1 aromatic carbocycles. The number of nitrogens with zero attached hydrogens (tertiary/aromatic N) is 3. The van der Waals surface area contributed by atoms with Crippen molar-refractivity contribution in [2.75, 3.05) is 16.0 Å². The normalized spacial score (nSPS) is 16.7. The number of ether oxygens (including phenoxy) is 1. The van der Waals surface area contributed by atoms with Crippen LogP contribution in [0.5, 0.6) is 0 Å². The molecular formula is C19H23N5O3. The predicted octanol–water partition coefficient (Wildman–Crippen LogP) is 3.58. The van der Waals surface area contributed by atoms with E-state index >= 15 is 0 Å². The minimum absolute atomic E-state index is 0.0620. The second-order valence-electron chi connectivity index (χ2n) is 7.51. The summed E-state index contributed by atoms with van der Waals surface area (Å²) in [4.78, 5) is 34.6. The topological polar surface area (TPSA) is 110 Å². The van der Waals surface area contributed by atoms with Crippen molar-refractivity contribution in [3.63, 3.8) is 0 Å². The maximum atomic E-state index is 12.7. The minimum Gasteiger partial charge on any atom is -0.444 e. The van der Waals surface area contributed by atoms with Gasteiger partial charge in [-0.3, -0.25) is 15.0 Å². The quantitative estimate of drug-likeness (QED) is 0.837. The third kappa shape index (κ3) is 3.99. The zero-order chi connectivity index (χ0) is 19.8. The van der Waals surface area contributed by atoms with Crippen LogP contribution in [0, 0.1) is 0 Å². The van der Waals surface area contributed by atoms with Gasteiger partial charge in [-0.1, -0.05) is 13.0 Å². The first-order valence-corrected chi connectivity index (χ1v) is 8.69. The van der Waals surface area contributed by atoms with Crippen molar-refractivity contribution >= 4 is 35.0 Å². The van der Waals surface area contributed by atoms with Gasteiger partial charge in [0, 0.05) is 17.7 Å². The van der Waals surface area contributed by atoms with Gasteiger partial charge in [-0.2, -0.15) is 0 Å². The number of benzene rings is 1. The largest absolute Gasteiger partial charge is 0.444 e. The molecule has 2 aromatic rings. The van der Waals surface area contributed by atoms with E-state index in [9.17, 15) is 9.59 Å². The molecule has 0 spiro atoms. The van der Waals surface area contributed by atoms with Crippen LogP contribution in [-0.4, -0.2) is 27.6 Å². The van der Waals surface area contributed by atoms with E-state index in [-0.39, 0.29) is 11.8 Å². The fourth-order valence-electron chi connectivity index (χ4n) is 3.03. The Hall–Kier alpha value is -3.16. The SMILES string of the molecule is CC1CC(=O)N(c2cccc(NC(=O)OC(C)(C)C)c2)c2ncnc(N)c21. The van der Waals surface area contributed by atoms with Crippen molar-refractivity contribution in [2.24, 2.45) is 0 Å². The Morgan fingerprint density at radius 3 is 2.78 bits per heavy atom. The number of nitrogen functional groups attached to an aromatic ring is 1. The van der Waals surface area contributed by atoms with Gasteiger partial charge >= 0.3 is 6.09 Å². The lowest BCUT2D eigenvalue weighted by molar-refractivity contribution is -0.118. The van der Waals surface area contributed by atoms with Gasteiger partial charge in [-0.05, 0) is 44.9 Å². The maximum Gasteiger partial charge on any atom is 0.412 e. The molecule has 8 nitrogen and oxygen atoms in total. The van der Waals surface area contributed by atoms with E-state index in [1.54, 1.807) is 45.0 Å². The first kappa shape index (κ1) is 18.6. The van der Waals surface area contributed by atoms with Crippen LogP contribution >= 0.6 is 0 Å². The molecule has 0 saturated heterocycles. The van der Waals surface area contributed by atoms with Crippen molar-refractivity contribution in [1.82, 2.24) is 9.97 Å². The van der Waals surface area contributed by atoms with Gasteiger partial charge in [0.15, 0.2) is 0 Å². The van der Waals surface area contributed by atoms with Crippen LogP contribution in [0.15, 0.2) is 30.6 Å². The molecule has 27 heavy (non-hydrogen) atoms. The van der Waals surface area contributed by atoms with Crippen molar-refractivity contribution in [2.45, 2.75) is 45.6 Å². The van der Waals surface area contributed by atoms with Crippen LogP contribution in [0.25, 0.3) is 0 Å². The van der Waals surface area contributed by atoms with Gasteiger partial charge in [0.1, 0.15) is 23.6 Å². The molecule has 0 fully saturated rings. The van der Waals surface area contributed by atoms with Gasteiger partial charge in [-0.25, -0.2) is 14.8 Å². The van der Waals surface area contributed by atoms with E-state index in [0.717, 1.165) is 5.56 Å². The molecule has 2 heterocycles. The lowest BCUT2D eigenvalue weighted by Gasteiger charge is -2.32. The summed E-state index contributed by atoms with van der Waals surface area (Å²) in [5, 5.41) is 2.68. The van der Waals surface area contributed by atoms with Crippen molar-refractivity contribution in [1.29, 1.82) is 0 Å². The summed E-state index contributed by atoms with van der Waals surface area (Å²) < 4.78 is 5.27. The fraction of sp³-hybridized carbons (Fsp3) is 0.368. The number of anilines is 4. The van der Waals surface area contributed by atoms with Crippen molar-refractivity contribution < 1.29 is 14.3 Å². The summed E-state index contributed by atoms with van der Waals surface area (Å²) in [6, 6.07) is 6.94. The number of aromatic nitrogens is 2. The first-order chi connectivity index (χ1) is 12.7. The molecule has 142 valence electrons. The maximum absolute atomic E-state index is 12.7. The van der Waals surface area contributed by atoms with Crippen LogP contribution in [-0.2, 0) is 9.53 Å². The number of nitrogens with two attached hydrogens (primary N) is 1. The molecule has 8 heteroatoms. The van der Waals surface area contributed by atoms with Crippen LogP contribution in [0.3, 0.4) is 0 Å². The second-order valence-corrected chi connectivity index (χ2v) is 7.51. The van der Waals surface area contributed by atoms with Gasteiger partial charge in [-0.15, -0.1) is 0 Å².